The van der Waals surface area contributed by atoms with Crippen molar-refractivity contribution in [2.24, 2.45) is 0 Å². The Morgan fingerprint density at radius 2 is 1.76 bits per heavy atom. The number of aromatic nitrogens is 1. The third-order valence-electron chi connectivity index (χ3n) is 7.60. The molecule has 0 saturated heterocycles. The summed E-state index contributed by atoms with van der Waals surface area (Å²) in [5.74, 6) is -1.07. The molecule has 194 valence electrons. The standard InChI is InChI=1S/C29H26ClN3O4S/c1-16(2)33-29(35)21-13-12-18(14-25(21)38(33,36)37)28(34)32-15-22(19-8-4-6-10-23(19)30)26-20-9-5-7-11-24(20)31-27(26)17(32)3/h4-14,16-17,22,31H,15H2,1-3H3. The van der Waals surface area contributed by atoms with Gasteiger partial charge in [0.15, 0.2) is 0 Å². The maximum Gasteiger partial charge on any atom is 0.269 e. The molecule has 38 heavy (non-hydrogen) atoms. The average molecular weight is 548 g/mol. The number of fused-ring (bicyclic) bond motifs is 4. The number of H-pyrrole nitrogens is 1. The lowest BCUT2D eigenvalue weighted by Gasteiger charge is -2.38. The van der Waals surface area contributed by atoms with Crippen LogP contribution in [0.4, 0.5) is 0 Å². The molecule has 0 spiro atoms. The Labute approximate surface area is 226 Å². The Morgan fingerprint density at radius 3 is 2.50 bits per heavy atom. The monoisotopic (exact) mass is 547 g/mol. The largest absolute Gasteiger partial charge is 0.356 e. The van der Waals surface area contributed by atoms with Crippen molar-refractivity contribution in [1.29, 1.82) is 0 Å². The summed E-state index contributed by atoms with van der Waals surface area (Å²) in [4.78, 5) is 31.9. The van der Waals surface area contributed by atoms with Gasteiger partial charge in [-0.05, 0) is 62.2 Å². The van der Waals surface area contributed by atoms with Crippen LogP contribution in [0.15, 0.2) is 71.6 Å². The molecule has 0 radical (unpaired) electrons. The molecule has 2 unspecified atom stereocenters. The number of halogens is 1. The highest BCUT2D eigenvalue weighted by Gasteiger charge is 2.44. The number of nitrogens with one attached hydrogen (secondary N) is 1. The highest BCUT2D eigenvalue weighted by atomic mass is 35.5. The van der Waals surface area contributed by atoms with E-state index in [0.717, 1.165) is 32.0 Å². The minimum Gasteiger partial charge on any atom is -0.356 e. The van der Waals surface area contributed by atoms with Gasteiger partial charge in [0.2, 0.25) is 0 Å². The summed E-state index contributed by atoms with van der Waals surface area (Å²) in [7, 11) is -4.03. The molecule has 3 aromatic carbocycles. The summed E-state index contributed by atoms with van der Waals surface area (Å²) in [5, 5.41) is 1.70. The fourth-order valence-electron chi connectivity index (χ4n) is 5.82. The maximum absolute atomic E-state index is 14.0. The van der Waals surface area contributed by atoms with Crippen LogP contribution in [0.5, 0.6) is 0 Å². The van der Waals surface area contributed by atoms with Gasteiger partial charge in [-0.1, -0.05) is 48.0 Å². The fraction of sp³-hybridized carbons (Fsp3) is 0.241. The first-order chi connectivity index (χ1) is 18.1. The third kappa shape index (κ3) is 3.50. The topological polar surface area (TPSA) is 90.6 Å². The first-order valence-corrected chi connectivity index (χ1v) is 14.3. The van der Waals surface area contributed by atoms with Crippen LogP contribution in [0.1, 0.15) is 70.3 Å². The quantitative estimate of drug-likeness (QED) is 0.355. The number of hydrogen-bond donors (Lipinski definition) is 1. The summed E-state index contributed by atoms with van der Waals surface area (Å²) >= 11 is 6.65. The van der Waals surface area contributed by atoms with Gasteiger partial charge in [0.1, 0.15) is 4.90 Å². The van der Waals surface area contributed by atoms with Crippen LogP contribution < -0.4 is 0 Å². The molecule has 2 amide bonds. The van der Waals surface area contributed by atoms with Crippen LogP contribution in [0.3, 0.4) is 0 Å². The van der Waals surface area contributed by atoms with E-state index in [1.807, 2.05) is 49.4 Å². The molecule has 6 rings (SSSR count). The van der Waals surface area contributed by atoms with Crippen molar-refractivity contribution in [2.75, 3.05) is 6.54 Å². The van der Waals surface area contributed by atoms with Gasteiger partial charge in [-0.25, -0.2) is 12.7 Å². The van der Waals surface area contributed by atoms with E-state index in [0.29, 0.717) is 11.6 Å². The van der Waals surface area contributed by atoms with Crippen LogP contribution in [-0.2, 0) is 10.0 Å². The molecule has 0 aliphatic carbocycles. The highest BCUT2D eigenvalue weighted by Crippen LogP contribution is 2.45. The molecule has 0 fully saturated rings. The molecular formula is C29H26ClN3O4S. The van der Waals surface area contributed by atoms with Crippen molar-refractivity contribution in [3.05, 3.63) is 99.7 Å². The first-order valence-electron chi connectivity index (χ1n) is 12.5. The summed E-state index contributed by atoms with van der Waals surface area (Å²) < 4.78 is 27.2. The van der Waals surface area contributed by atoms with E-state index in [9.17, 15) is 18.0 Å². The van der Waals surface area contributed by atoms with Crippen molar-refractivity contribution < 1.29 is 18.0 Å². The van der Waals surface area contributed by atoms with E-state index in [1.165, 1.54) is 18.2 Å². The molecule has 9 heteroatoms. The van der Waals surface area contributed by atoms with E-state index < -0.39 is 22.0 Å². The van der Waals surface area contributed by atoms with E-state index in [-0.39, 0.29) is 33.9 Å². The predicted octanol–water partition coefficient (Wildman–Crippen LogP) is 5.72. The number of sulfonamides is 1. The van der Waals surface area contributed by atoms with Gasteiger partial charge in [0.05, 0.1) is 11.6 Å². The SMILES string of the molecule is CC1c2[nH]c3ccccc3c2C(c2ccccc2Cl)CN1C(=O)c1ccc2c(c1)S(=O)(=O)N(C(C)C)C2=O. The van der Waals surface area contributed by atoms with Crippen molar-refractivity contribution in [3.63, 3.8) is 0 Å². The zero-order valence-electron chi connectivity index (χ0n) is 21.1. The summed E-state index contributed by atoms with van der Waals surface area (Å²) in [5.41, 5.74) is 4.24. The molecule has 7 nitrogen and oxygen atoms in total. The van der Waals surface area contributed by atoms with Crippen LogP contribution in [0.25, 0.3) is 10.9 Å². The molecule has 4 aromatic rings. The number of hydrogen-bond acceptors (Lipinski definition) is 4. The van der Waals surface area contributed by atoms with Crippen LogP contribution in [0, 0.1) is 0 Å². The first kappa shape index (κ1) is 24.7. The number of carbonyl (C=O) groups is 2. The molecular weight excluding hydrogens is 522 g/mol. The fourth-order valence-corrected chi connectivity index (χ4v) is 7.88. The Bertz CT molecular complexity index is 1740. The smallest absolute Gasteiger partial charge is 0.269 e. The molecule has 2 aliphatic heterocycles. The second-order valence-corrected chi connectivity index (χ2v) is 12.3. The highest BCUT2D eigenvalue weighted by molar-refractivity contribution is 7.90. The van der Waals surface area contributed by atoms with Gasteiger partial charge < -0.3 is 9.88 Å². The van der Waals surface area contributed by atoms with Gasteiger partial charge >= 0.3 is 0 Å². The van der Waals surface area contributed by atoms with Gasteiger partial charge in [0.25, 0.3) is 21.8 Å². The lowest BCUT2D eigenvalue weighted by Crippen LogP contribution is -2.41. The maximum atomic E-state index is 14.0. The predicted molar refractivity (Wildman–Crippen MR) is 146 cm³/mol. The number of benzene rings is 3. The Hall–Kier alpha value is -3.62. The molecule has 0 saturated carbocycles. The van der Waals surface area contributed by atoms with Crippen molar-refractivity contribution in [3.8, 4) is 0 Å². The number of amides is 2. The minimum atomic E-state index is -4.03. The van der Waals surface area contributed by atoms with E-state index >= 15 is 0 Å². The number of carbonyl (C=O) groups excluding carboxylic acids is 2. The van der Waals surface area contributed by atoms with Crippen molar-refractivity contribution in [1.82, 2.24) is 14.2 Å². The molecule has 2 atom stereocenters. The number of rotatable bonds is 3. The normalized spacial score (nSPS) is 20.2. The second-order valence-electron chi connectivity index (χ2n) is 10.1. The summed E-state index contributed by atoms with van der Waals surface area (Å²) in [6.07, 6.45) is 0. The molecule has 1 aromatic heterocycles. The van der Waals surface area contributed by atoms with Gasteiger partial charge in [-0.2, -0.15) is 0 Å². The van der Waals surface area contributed by atoms with Crippen molar-refractivity contribution >= 4 is 44.3 Å². The minimum absolute atomic E-state index is 0.0915. The van der Waals surface area contributed by atoms with Crippen molar-refractivity contribution in [2.45, 2.75) is 43.7 Å². The van der Waals surface area contributed by atoms with Crippen LogP contribution in [0.2, 0.25) is 5.02 Å². The summed E-state index contributed by atoms with van der Waals surface area (Å²) in [6.45, 7) is 5.62. The third-order valence-corrected chi connectivity index (χ3v) is 9.94. The second kappa shape index (κ2) is 8.71. The lowest BCUT2D eigenvalue weighted by atomic mass is 9.83. The Kier molecular flexibility index (Phi) is 5.66. The molecule has 0 bridgehead atoms. The number of nitrogens with zero attached hydrogens (tertiary/aromatic N) is 2. The van der Waals surface area contributed by atoms with E-state index in [4.69, 9.17) is 11.6 Å². The molecule has 1 N–H and O–H groups in total. The Morgan fingerprint density at radius 1 is 1.05 bits per heavy atom. The number of aromatic amines is 1. The molecule has 3 heterocycles. The van der Waals surface area contributed by atoms with Gasteiger partial charge in [-0.3, -0.25) is 9.59 Å². The Balaban J connectivity index is 1.46. The average Bonchev–Trinajstić information content (AvgIpc) is 3.37. The lowest BCUT2D eigenvalue weighted by molar-refractivity contribution is 0.0661. The van der Waals surface area contributed by atoms with Gasteiger partial charge in [-0.15, -0.1) is 0 Å². The van der Waals surface area contributed by atoms with Crippen LogP contribution >= 0.6 is 11.6 Å². The number of para-hydroxylation sites is 1. The van der Waals surface area contributed by atoms with Gasteiger partial charge in [0, 0.05) is 45.7 Å². The van der Waals surface area contributed by atoms with Crippen LogP contribution in [-0.4, -0.2) is 47.0 Å². The zero-order valence-corrected chi connectivity index (χ0v) is 22.7. The molecule has 2 aliphatic rings. The summed E-state index contributed by atoms with van der Waals surface area (Å²) in [6, 6.07) is 19.2. The van der Waals surface area contributed by atoms with E-state index in [2.05, 4.69) is 11.1 Å². The van der Waals surface area contributed by atoms with E-state index in [1.54, 1.807) is 18.7 Å². The zero-order chi connectivity index (χ0) is 26.9.